The Morgan fingerprint density at radius 1 is 0.744 bits per heavy atom. The van der Waals surface area contributed by atoms with Gasteiger partial charge in [0.15, 0.2) is 11.6 Å². The smallest absolute Gasteiger partial charge is 0.303 e. The summed E-state index contributed by atoms with van der Waals surface area (Å²) in [4.78, 5) is 149. The van der Waals surface area contributed by atoms with Gasteiger partial charge in [-0.15, -0.1) is 0 Å². The molecule has 2 aliphatic carbocycles. The molecular weight excluding hydrogens is 1610 g/mol. The van der Waals surface area contributed by atoms with Crippen LogP contribution >= 0.6 is 0 Å². The summed E-state index contributed by atoms with van der Waals surface area (Å²) in [6.45, 7) is 8.51. The third-order valence-corrected chi connectivity index (χ3v) is 23.1. The van der Waals surface area contributed by atoms with Gasteiger partial charge in [-0.05, 0) is 152 Å². The first-order chi connectivity index (χ1) is 57.6. The zero-order valence-corrected chi connectivity index (χ0v) is 69.8. The molecule has 9 rings (SSSR count). The Labute approximate surface area is 700 Å². The van der Waals surface area contributed by atoms with Crippen molar-refractivity contribution < 1.29 is 108 Å². The van der Waals surface area contributed by atoms with Gasteiger partial charge >= 0.3 is 5.97 Å². The molecule has 6 aromatic rings. The Kier molecular flexibility index (Phi) is 33.8. The van der Waals surface area contributed by atoms with Crippen molar-refractivity contribution in [2.24, 2.45) is 17.6 Å². The van der Waals surface area contributed by atoms with E-state index < -0.39 is 170 Å². The Balaban J connectivity index is 0.811. The number of aryl methyl sites for hydroxylation is 3. The minimum atomic E-state index is -5.21. The minimum Gasteiger partial charge on any atom is -0.481 e. The van der Waals surface area contributed by atoms with Gasteiger partial charge in [-0.3, -0.25) is 72.7 Å². The van der Waals surface area contributed by atoms with Gasteiger partial charge in [-0.1, -0.05) is 101 Å². The lowest BCUT2D eigenvalue weighted by molar-refractivity contribution is -0.253. The lowest BCUT2D eigenvalue weighted by Gasteiger charge is -2.31. The predicted molar refractivity (Wildman–Crippen MR) is 444 cm³/mol. The fourth-order valence-corrected chi connectivity index (χ4v) is 16.8. The number of Topliss-reactive ketones (excluding diaryl/α,β-unsaturated/α-hetero) is 2. The van der Waals surface area contributed by atoms with Gasteiger partial charge in [0.05, 0.1) is 79.2 Å². The van der Waals surface area contributed by atoms with Gasteiger partial charge in [-0.25, -0.2) is 9.87 Å². The quantitative estimate of drug-likeness (QED) is 0.00721. The molecule has 1 aliphatic heterocycles. The number of allylic oxidation sites excluding steroid dienone is 5. The highest BCUT2D eigenvalue weighted by molar-refractivity contribution is 7.91. The van der Waals surface area contributed by atoms with E-state index in [4.69, 9.17) is 41.1 Å². The number of pyridine rings is 1. The second-order valence-corrected chi connectivity index (χ2v) is 33.3. The van der Waals surface area contributed by atoms with Crippen molar-refractivity contribution in [3.8, 4) is 0 Å². The summed E-state index contributed by atoms with van der Waals surface area (Å²) in [5.41, 5.74) is 15.7. The molecule has 6 atom stereocenters. The Morgan fingerprint density at radius 2 is 1.45 bits per heavy atom. The van der Waals surface area contributed by atoms with E-state index in [2.05, 4.69) is 61.2 Å². The third kappa shape index (κ3) is 25.4. The van der Waals surface area contributed by atoms with Crippen LogP contribution in [0.25, 0.3) is 27.5 Å². The highest BCUT2D eigenvalue weighted by Crippen LogP contribution is 2.47. The number of carboxylic acid groups (broad SMARTS) is 1. The van der Waals surface area contributed by atoms with E-state index in [1.54, 1.807) is 13.8 Å². The Morgan fingerprint density at radius 3 is 2.12 bits per heavy atom. The van der Waals surface area contributed by atoms with Gasteiger partial charge in [0.2, 0.25) is 35.4 Å². The number of ketones is 2. The summed E-state index contributed by atoms with van der Waals surface area (Å²) >= 11 is 0. The maximum absolute atomic E-state index is 14.9. The number of nitrogens with zero attached hydrogens (tertiary/aromatic N) is 4. The predicted octanol–water partition coefficient (Wildman–Crippen LogP) is 5.65. The number of carboxylic acids is 1. The molecular formula is C84H106N12O23S2. The highest BCUT2D eigenvalue weighted by Gasteiger charge is 2.42. The van der Waals surface area contributed by atoms with E-state index in [0.29, 0.717) is 32.2 Å². The van der Waals surface area contributed by atoms with Gasteiger partial charge in [0.25, 0.3) is 26.1 Å². The van der Waals surface area contributed by atoms with Crippen LogP contribution in [-0.2, 0) is 115 Å². The number of fused-ring (bicyclic) bond motifs is 5. The number of anilines is 1. The SMILES string of the molecule is CCCCc1nc2c(C)nc3ccccc3c2n1Cc1ccc(CCC(=O)COCCOCCOCC(=O)NCCCCCC(NC(=O)c2ccc(C3=C4C=CC(=N)C(S(=O)(=O)O)=C4Cc4c3ccc(N)c4S(=O)(=O)O)c(COO)c2)C(=O)NC(CC(C)C)C(=O)N2CCCC2C(=O)NC(CCC(=O)O)C(=O)CC(C(=O)NCC(N)=O)C(C)O)cc1. The number of unbranched alkanes of at least 4 members (excludes halogenated alkanes) is 3. The van der Waals surface area contributed by atoms with Gasteiger partial charge in [0, 0.05) is 62.7 Å². The minimum absolute atomic E-state index is 0.00922. The van der Waals surface area contributed by atoms with E-state index in [1.807, 2.05) is 37.3 Å². The number of hydrogen-bond acceptors (Lipinski definition) is 24. The number of rotatable bonds is 48. The number of aliphatic carboxylic acids is 1. The second-order valence-electron chi connectivity index (χ2n) is 30.6. The fraction of sp³-hybridized carbons (Fsp3) is 0.464. The molecule has 7 amide bonds. The van der Waals surface area contributed by atoms with Crippen LogP contribution in [0.3, 0.4) is 0 Å². The molecule has 6 unspecified atom stereocenters. The average molecular weight is 1720 g/mol. The van der Waals surface area contributed by atoms with Crippen molar-refractivity contribution >= 4 is 118 Å². The van der Waals surface area contributed by atoms with Crippen molar-refractivity contribution in [1.29, 1.82) is 5.41 Å². The molecule has 0 spiro atoms. The van der Waals surface area contributed by atoms with Crippen molar-refractivity contribution in [3.63, 3.8) is 0 Å². The standard InChI is InChI=1S/C84H106N12O23S2/c1-6-7-18-72-94-76-49(4)90-65-15-11-10-14-59(65)77(76)96(72)44-52-21-19-51(20-22-52)23-25-55(98)46-117-37-35-116-36-38-118-47-73(101)88-33-12-8-9-16-67(82(106)93-68(39-48(2)3)84(108)95-34-13-17-69(95)83(107)91-66(31-32-74(102)103)70(99)42-60(50(5)97)81(105)89-43-71(87)100)92-80(104)53-24-26-56(54(40-53)45-119-109)75-57-27-29-63(85)78(120(110,111)112)61(57)41-62-58(75)28-30-64(86)79(62)121(113,114)115/h10-11,14-15,19-22,24,26-30,40,48,50,60,66-69,85,97,109H,6-9,12-13,16-18,23,25,31-39,41-47,86H2,1-5H3,(H2,87,100)(H,88,101)(H,89,105)(H,91,107)(H,92,104)(H,93,106)(H,102,103)(H,110,111,112)(H,113,114,115). The summed E-state index contributed by atoms with van der Waals surface area (Å²) in [6, 6.07) is 17.2. The number of benzene rings is 4. The van der Waals surface area contributed by atoms with E-state index >= 15 is 0 Å². The van der Waals surface area contributed by atoms with Crippen molar-refractivity contribution in [1.82, 2.24) is 46.0 Å². The van der Waals surface area contributed by atoms with E-state index in [-0.39, 0.29) is 141 Å². The largest absolute Gasteiger partial charge is 0.481 e. The summed E-state index contributed by atoms with van der Waals surface area (Å²) in [5.74, 6) is -8.60. The molecule has 35 nitrogen and oxygen atoms in total. The fourth-order valence-electron chi connectivity index (χ4n) is 15.1. The number of nitrogens with two attached hydrogens (primary N) is 2. The molecule has 3 aliphatic rings. The molecule has 4 aromatic carbocycles. The summed E-state index contributed by atoms with van der Waals surface area (Å²) in [5, 5.41) is 52.7. The molecule has 2 aromatic heterocycles. The number of likely N-dealkylation sites (tertiary alicyclic amines) is 1. The number of primary amides is 1. The van der Waals surface area contributed by atoms with E-state index in [9.17, 15) is 89.4 Å². The zero-order chi connectivity index (χ0) is 88.0. The number of hydrogen-bond donors (Lipinski definition) is 13. The summed E-state index contributed by atoms with van der Waals surface area (Å²) < 4.78 is 91.9. The third-order valence-electron chi connectivity index (χ3n) is 21.1. The van der Waals surface area contributed by atoms with Crippen LogP contribution < -0.4 is 38.1 Å². The van der Waals surface area contributed by atoms with Gasteiger partial charge in [0.1, 0.15) is 59.1 Å². The number of carbonyl (C=O) groups is 10. The molecule has 1 saturated heterocycles. The molecule has 0 bridgehead atoms. The van der Waals surface area contributed by atoms with Crippen molar-refractivity contribution in [2.45, 2.75) is 186 Å². The van der Waals surface area contributed by atoms with Crippen LogP contribution in [0.5, 0.6) is 0 Å². The van der Waals surface area contributed by atoms with E-state index in [0.717, 1.165) is 69.9 Å². The number of carbonyl (C=O) groups excluding carboxylic acids is 9. The monoisotopic (exact) mass is 1710 g/mol. The number of imidazole rings is 1. The first-order valence-corrected chi connectivity index (χ1v) is 43.0. The maximum Gasteiger partial charge on any atom is 0.303 e. The number of aliphatic hydroxyl groups is 1. The summed E-state index contributed by atoms with van der Waals surface area (Å²) in [6.07, 6.45) is 3.49. The topological polar surface area (TPSA) is 547 Å². The average Bonchev–Trinajstić information content (AvgIpc) is 1.31. The number of amides is 7. The normalized spacial score (nSPS) is 15.4. The second kappa shape index (κ2) is 43.6. The highest BCUT2D eigenvalue weighted by atomic mass is 32.2. The molecule has 37 heteroatoms. The van der Waals surface area contributed by atoms with Crippen LogP contribution in [0.15, 0.2) is 112 Å². The van der Waals surface area contributed by atoms with Crippen LogP contribution in [0.2, 0.25) is 0 Å². The van der Waals surface area contributed by atoms with Crippen LogP contribution in [0.4, 0.5) is 5.69 Å². The summed E-state index contributed by atoms with van der Waals surface area (Å²) in [7, 11) is -10.4. The maximum atomic E-state index is 14.9. The number of aliphatic hydroxyl groups excluding tert-OH is 1. The van der Waals surface area contributed by atoms with E-state index in [1.165, 1.54) is 48.2 Å². The molecule has 0 radical (unpaired) electrons. The molecule has 3 heterocycles. The van der Waals surface area contributed by atoms with Crippen molar-refractivity contribution in [3.05, 3.63) is 158 Å². The van der Waals surface area contributed by atoms with Gasteiger partial charge in [-0.2, -0.15) is 16.8 Å². The van der Waals surface area contributed by atoms with Crippen LogP contribution in [0, 0.1) is 24.2 Å². The lowest BCUT2D eigenvalue weighted by Crippen LogP contribution is -2.57. The Hall–Kier alpha value is -10.9. The lowest BCUT2D eigenvalue weighted by atomic mass is 9.76. The Bertz CT molecular complexity index is 5220. The van der Waals surface area contributed by atoms with Crippen LogP contribution in [0.1, 0.15) is 166 Å². The molecule has 121 heavy (non-hydrogen) atoms. The first kappa shape index (κ1) is 94.0. The first-order valence-electron chi connectivity index (χ1n) is 40.1. The molecule has 1 fully saturated rings. The van der Waals surface area contributed by atoms with Crippen molar-refractivity contribution in [2.75, 3.05) is 65.0 Å². The number of ether oxygens (including phenoxy) is 3. The van der Waals surface area contributed by atoms with Crippen LogP contribution in [-0.4, -0.2) is 215 Å². The number of nitrogen functional groups attached to an aromatic ring is 1. The number of nitrogens with one attached hydrogen (secondary N) is 6. The number of aromatic nitrogens is 3. The molecule has 0 saturated carbocycles. The zero-order valence-electron chi connectivity index (χ0n) is 68.1. The van der Waals surface area contributed by atoms with Gasteiger partial charge < -0.3 is 71.9 Å². The molecule has 15 N–H and O–H groups in total. The number of para-hydroxylation sites is 1. The molecule has 652 valence electrons.